The predicted molar refractivity (Wildman–Crippen MR) is 113 cm³/mol. The molecule has 27 heavy (non-hydrogen) atoms. The Morgan fingerprint density at radius 3 is 2.85 bits per heavy atom. The molecular formula is C17H20IN3O5S. The van der Waals surface area contributed by atoms with Crippen LogP contribution >= 0.6 is 34.4 Å². The molecule has 0 bridgehead atoms. The summed E-state index contributed by atoms with van der Waals surface area (Å²) in [5, 5.41) is 18.8. The largest absolute Gasteiger partial charge is 0.490 e. The molecule has 8 nitrogen and oxygen atoms in total. The Bertz CT molecular complexity index is 769. The number of halogens is 1. The maximum atomic E-state index is 11.7. The number of ether oxygens (including phenoxy) is 2. The van der Waals surface area contributed by atoms with Gasteiger partial charge in [0.25, 0.3) is 0 Å². The summed E-state index contributed by atoms with van der Waals surface area (Å²) in [4.78, 5) is 22.4. The summed E-state index contributed by atoms with van der Waals surface area (Å²) >= 11 is 3.23. The zero-order chi connectivity index (χ0) is 19.8. The van der Waals surface area contributed by atoms with Crippen LogP contribution in [0.3, 0.4) is 0 Å². The van der Waals surface area contributed by atoms with Crippen LogP contribution in [0.1, 0.15) is 32.3 Å². The molecule has 0 radical (unpaired) electrons. The fraction of sp³-hybridized carbons (Fsp3) is 0.412. The summed E-state index contributed by atoms with van der Waals surface area (Å²) < 4.78 is 12.3. The summed E-state index contributed by atoms with van der Waals surface area (Å²) in [5.41, 5.74) is 0.771. The second-order valence-corrected chi connectivity index (χ2v) is 7.81. The quantitative estimate of drug-likeness (QED) is 0.304. The number of thioether (sulfide) groups is 1. The summed E-state index contributed by atoms with van der Waals surface area (Å²) in [7, 11) is 0. The molecule has 1 atom stereocenters. The number of amides is 1. The molecule has 0 spiro atoms. The third-order valence-electron chi connectivity index (χ3n) is 3.27. The minimum absolute atomic E-state index is 0.256. The van der Waals surface area contributed by atoms with Gasteiger partial charge in [-0.3, -0.25) is 9.59 Å². The van der Waals surface area contributed by atoms with Crippen molar-refractivity contribution in [1.29, 1.82) is 0 Å². The fourth-order valence-electron chi connectivity index (χ4n) is 2.16. The van der Waals surface area contributed by atoms with E-state index in [-0.39, 0.29) is 17.5 Å². The first-order valence-electron chi connectivity index (χ1n) is 8.34. The fourth-order valence-corrected chi connectivity index (χ4v) is 3.86. The molecule has 1 heterocycles. The van der Waals surface area contributed by atoms with Crippen molar-refractivity contribution >= 4 is 57.6 Å². The molecule has 1 aromatic carbocycles. The third kappa shape index (κ3) is 6.38. The van der Waals surface area contributed by atoms with Gasteiger partial charge in [-0.15, -0.1) is 5.10 Å². The Balaban J connectivity index is 2.12. The van der Waals surface area contributed by atoms with E-state index in [1.165, 1.54) is 0 Å². The van der Waals surface area contributed by atoms with Gasteiger partial charge >= 0.3 is 5.97 Å². The van der Waals surface area contributed by atoms with E-state index in [1.807, 2.05) is 26.0 Å². The van der Waals surface area contributed by atoms with Gasteiger partial charge in [-0.1, -0.05) is 18.7 Å². The second-order valence-electron chi connectivity index (χ2n) is 5.45. The Labute approximate surface area is 174 Å². The van der Waals surface area contributed by atoms with Gasteiger partial charge in [-0.05, 0) is 53.6 Å². The molecule has 1 saturated heterocycles. The Morgan fingerprint density at radius 2 is 2.19 bits per heavy atom. The van der Waals surface area contributed by atoms with Gasteiger partial charge in [-0.2, -0.15) is 5.10 Å². The van der Waals surface area contributed by atoms with E-state index in [2.05, 4.69) is 38.1 Å². The average molecular weight is 505 g/mol. The molecule has 1 aromatic rings. The normalized spacial score (nSPS) is 18.1. The molecule has 1 fully saturated rings. The van der Waals surface area contributed by atoms with E-state index in [0.717, 1.165) is 27.3 Å². The van der Waals surface area contributed by atoms with E-state index in [9.17, 15) is 9.59 Å². The van der Waals surface area contributed by atoms with Gasteiger partial charge in [0, 0.05) is 0 Å². The van der Waals surface area contributed by atoms with Crippen molar-refractivity contribution in [2.45, 2.75) is 31.9 Å². The van der Waals surface area contributed by atoms with Crippen molar-refractivity contribution in [3.05, 3.63) is 21.3 Å². The summed E-state index contributed by atoms with van der Waals surface area (Å²) in [6.45, 7) is 5.05. The van der Waals surface area contributed by atoms with Gasteiger partial charge in [0.2, 0.25) is 5.91 Å². The van der Waals surface area contributed by atoms with E-state index in [0.29, 0.717) is 24.7 Å². The molecule has 0 aromatic heterocycles. The number of nitrogens with zero attached hydrogens (tertiary/aromatic N) is 2. The van der Waals surface area contributed by atoms with Crippen LogP contribution < -0.4 is 14.8 Å². The Kier molecular flexibility index (Phi) is 8.35. The number of benzene rings is 1. The molecule has 2 N–H and O–H groups in total. The van der Waals surface area contributed by atoms with Gasteiger partial charge in [0.15, 0.2) is 16.7 Å². The van der Waals surface area contributed by atoms with Gasteiger partial charge < -0.3 is 19.9 Å². The maximum Gasteiger partial charge on any atom is 0.305 e. The first kappa shape index (κ1) is 21.5. The molecule has 1 aliphatic rings. The zero-order valence-corrected chi connectivity index (χ0v) is 17.9. The minimum Gasteiger partial charge on any atom is -0.490 e. The zero-order valence-electron chi connectivity index (χ0n) is 14.9. The van der Waals surface area contributed by atoms with Crippen molar-refractivity contribution in [1.82, 2.24) is 5.32 Å². The van der Waals surface area contributed by atoms with Crippen LogP contribution in [0, 0.1) is 3.57 Å². The van der Waals surface area contributed by atoms with Crippen LogP contribution in [-0.2, 0) is 9.59 Å². The van der Waals surface area contributed by atoms with E-state index in [4.69, 9.17) is 14.6 Å². The van der Waals surface area contributed by atoms with Crippen LogP contribution in [0.2, 0.25) is 0 Å². The number of hydrogen-bond donors (Lipinski definition) is 2. The topological polar surface area (TPSA) is 110 Å². The highest BCUT2D eigenvalue weighted by atomic mass is 127. The summed E-state index contributed by atoms with van der Waals surface area (Å²) in [6.07, 6.45) is 2.18. The number of rotatable bonds is 9. The first-order chi connectivity index (χ1) is 12.9. The molecule has 2 rings (SSSR count). The lowest BCUT2D eigenvalue weighted by Gasteiger charge is -2.14. The number of carboxylic acids is 1. The lowest BCUT2D eigenvalue weighted by atomic mass is 10.2. The Morgan fingerprint density at radius 1 is 1.41 bits per heavy atom. The third-order valence-corrected chi connectivity index (χ3v) is 5.15. The van der Waals surface area contributed by atoms with E-state index < -0.39 is 11.2 Å². The van der Waals surface area contributed by atoms with Crippen LogP contribution in [-0.4, -0.2) is 46.8 Å². The number of aliphatic carboxylic acids is 1. The van der Waals surface area contributed by atoms with Crippen molar-refractivity contribution in [3.63, 3.8) is 0 Å². The highest BCUT2D eigenvalue weighted by molar-refractivity contribution is 14.1. The van der Waals surface area contributed by atoms with Crippen LogP contribution in [0.4, 0.5) is 0 Å². The highest BCUT2D eigenvalue weighted by Crippen LogP contribution is 2.34. The number of carbonyl (C=O) groups excluding carboxylic acids is 1. The van der Waals surface area contributed by atoms with Crippen molar-refractivity contribution in [3.8, 4) is 11.5 Å². The molecule has 146 valence electrons. The lowest BCUT2D eigenvalue weighted by Crippen LogP contribution is -2.26. The number of carboxylic acid groups (broad SMARTS) is 1. The standard InChI is InChI=1S/C17H20IN3O5S/c1-3-5-26-15-11(18)6-10(7-12(15)25-4-2)9-19-21-17-20-16(24)13(27-17)8-14(22)23/h6-7,9,13H,3-5,8H2,1-2H3,(H,22,23)(H,20,21,24). The van der Waals surface area contributed by atoms with E-state index in [1.54, 1.807) is 6.21 Å². The van der Waals surface area contributed by atoms with E-state index >= 15 is 0 Å². The molecular weight excluding hydrogens is 485 g/mol. The monoisotopic (exact) mass is 505 g/mol. The molecule has 10 heteroatoms. The molecule has 0 saturated carbocycles. The molecule has 1 aliphatic heterocycles. The van der Waals surface area contributed by atoms with Crippen molar-refractivity contribution in [2.75, 3.05) is 13.2 Å². The van der Waals surface area contributed by atoms with Gasteiger partial charge in [0.1, 0.15) is 5.25 Å². The lowest BCUT2D eigenvalue weighted by molar-refractivity contribution is -0.138. The molecule has 1 unspecified atom stereocenters. The minimum atomic E-state index is -1.03. The predicted octanol–water partition coefficient (Wildman–Crippen LogP) is 2.87. The van der Waals surface area contributed by atoms with Crippen LogP contribution in [0.5, 0.6) is 11.5 Å². The molecule has 1 amide bonds. The van der Waals surface area contributed by atoms with Crippen LogP contribution in [0.25, 0.3) is 0 Å². The number of hydrogen-bond acceptors (Lipinski definition) is 7. The average Bonchev–Trinajstić information content (AvgIpc) is 2.93. The second kappa shape index (κ2) is 10.5. The van der Waals surface area contributed by atoms with Gasteiger partial charge in [0.05, 0.1) is 29.4 Å². The highest BCUT2D eigenvalue weighted by Gasteiger charge is 2.32. The van der Waals surface area contributed by atoms with Gasteiger partial charge in [-0.25, -0.2) is 0 Å². The maximum absolute atomic E-state index is 11.7. The summed E-state index contributed by atoms with van der Waals surface area (Å²) in [5.74, 6) is -0.0623. The Hall–Kier alpha value is -1.82. The molecule has 0 aliphatic carbocycles. The number of amidine groups is 1. The summed E-state index contributed by atoms with van der Waals surface area (Å²) in [6, 6.07) is 3.71. The number of nitrogens with one attached hydrogen (secondary N) is 1. The van der Waals surface area contributed by atoms with Crippen molar-refractivity contribution < 1.29 is 24.2 Å². The number of carbonyl (C=O) groups is 2. The van der Waals surface area contributed by atoms with Crippen molar-refractivity contribution in [2.24, 2.45) is 10.2 Å². The van der Waals surface area contributed by atoms with Crippen LogP contribution in [0.15, 0.2) is 22.3 Å². The SMILES string of the molecule is CCCOc1c(I)cc(C=NN=C2NC(=O)C(CC(=O)O)S2)cc1OCC. The smallest absolute Gasteiger partial charge is 0.305 e. The first-order valence-corrected chi connectivity index (χ1v) is 10.3.